The van der Waals surface area contributed by atoms with Crippen LogP contribution in [0.25, 0.3) is 0 Å². The average Bonchev–Trinajstić information content (AvgIpc) is 2.39. The SMILES string of the molecule is COC1(CCCC=O)CCCC[Si]1(OC)OC. The fourth-order valence-corrected chi connectivity index (χ4v) is 6.91. The molecule has 1 unspecified atom stereocenters. The highest BCUT2D eigenvalue weighted by Crippen LogP contribution is 2.42. The molecule has 1 fully saturated rings. The minimum Gasteiger partial charge on any atom is -0.396 e. The Labute approximate surface area is 105 Å². The molecule has 0 N–H and O–H groups in total. The molecular weight excluding hydrogens is 236 g/mol. The first kappa shape index (κ1) is 14.8. The molecule has 1 atom stereocenters. The van der Waals surface area contributed by atoms with Crippen LogP contribution in [-0.4, -0.2) is 41.4 Å². The molecular formula is C12H24O4Si. The van der Waals surface area contributed by atoms with Crippen molar-refractivity contribution in [1.29, 1.82) is 0 Å². The van der Waals surface area contributed by atoms with E-state index < -0.39 is 8.56 Å². The van der Waals surface area contributed by atoms with Crippen LogP contribution in [0.3, 0.4) is 0 Å². The van der Waals surface area contributed by atoms with Crippen LogP contribution >= 0.6 is 0 Å². The van der Waals surface area contributed by atoms with Crippen molar-refractivity contribution in [2.24, 2.45) is 0 Å². The van der Waals surface area contributed by atoms with Gasteiger partial charge < -0.3 is 18.4 Å². The summed E-state index contributed by atoms with van der Waals surface area (Å²) in [7, 11) is 2.91. The standard InChI is InChI=1S/C12H24O4Si/c1-14-12(8-4-6-10-13)9-5-7-11-17(12,15-2)16-3/h10H,4-9,11H2,1-3H3. The molecule has 0 aromatic rings. The molecule has 0 aliphatic carbocycles. The van der Waals surface area contributed by atoms with Gasteiger partial charge in [0.05, 0.1) is 0 Å². The smallest absolute Gasteiger partial charge is 0.370 e. The Morgan fingerprint density at radius 2 is 1.94 bits per heavy atom. The predicted molar refractivity (Wildman–Crippen MR) is 68.1 cm³/mol. The summed E-state index contributed by atoms with van der Waals surface area (Å²) in [5.74, 6) is 0. The van der Waals surface area contributed by atoms with E-state index in [0.29, 0.717) is 6.42 Å². The Morgan fingerprint density at radius 3 is 2.47 bits per heavy atom. The summed E-state index contributed by atoms with van der Waals surface area (Å²) >= 11 is 0. The summed E-state index contributed by atoms with van der Waals surface area (Å²) < 4.78 is 17.4. The topological polar surface area (TPSA) is 44.8 Å². The fourth-order valence-electron chi connectivity index (χ4n) is 2.99. The van der Waals surface area contributed by atoms with Gasteiger partial charge in [0.25, 0.3) is 0 Å². The van der Waals surface area contributed by atoms with Crippen LogP contribution in [0.4, 0.5) is 0 Å². The number of aldehydes is 1. The van der Waals surface area contributed by atoms with Gasteiger partial charge >= 0.3 is 8.56 Å². The van der Waals surface area contributed by atoms with Gasteiger partial charge in [0, 0.05) is 27.8 Å². The van der Waals surface area contributed by atoms with Crippen LogP contribution in [0.1, 0.15) is 38.5 Å². The molecule has 0 bridgehead atoms. The first-order chi connectivity index (χ1) is 8.20. The van der Waals surface area contributed by atoms with Crippen molar-refractivity contribution in [2.45, 2.75) is 49.8 Å². The van der Waals surface area contributed by atoms with Crippen molar-refractivity contribution < 1.29 is 18.4 Å². The molecule has 5 heteroatoms. The molecule has 0 saturated carbocycles. The Kier molecular flexibility index (Phi) is 5.79. The highest BCUT2D eigenvalue weighted by atomic mass is 28.4. The summed E-state index contributed by atoms with van der Waals surface area (Å²) in [6.45, 7) is 0. The van der Waals surface area contributed by atoms with Crippen molar-refractivity contribution in [3.63, 3.8) is 0 Å². The van der Waals surface area contributed by atoms with Crippen LogP contribution in [0, 0.1) is 0 Å². The van der Waals surface area contributed by atoms with Gasteiger partial charge in [0.1, 0.15) is 11.5 Å². The summed E-state index contributed by atoms with van der Waals surface area (Å²) in [6, 6.07) is 0.981. The van der Waals surface area contributed by atoms with Crippen LogP contribution in [0.15, 0.2) is 0 Å². The zero-order valence-electron chi connectivity index (χ0n) is 11.2. The highest BCUT2D eigenvalue weighted by molar-refractivity contribution is 6.70. The summed E-state index contributed by atoms with van der Waals surface area (Å²) in [5, 5.41) is -0.280. The number of carbonyl (C=O) groups excluding carboxylic acids is 1. The third-order valence-corrected chi connectivity index (χ3v) is 8.41. The number of carbonyl (C=O) groups is 1. The second kappa shape index (κ2) is 6.63. The van der Waals surface area contributed by atoms with E-state index in [4.69, 9.17) is 13.6 Å². The molecule has 0 aromatic heterocycles. The lowest BCUT2D eigenvalue weighted by atomic mass is 10.0. The van der Waals surface area contributed by atoms with Crippen molar-refractivity contribution in [3.05, 3.63) is 0 Å². The lowest BCUT2D eigenvalue weighted by Gasteiger charge is -2.48. The molecule has 0 aromatic carbocycles. The maximum absolute atomic E-state index is 10.4. The molecule has 4 nitrogen and oxygen atoms in total. The summed E-state index contributed by atoms with van der Waals surface area (Å²) in [6.07, 6.45) is 6.53. The number of rotatable bonds is 7. The normalized spacial score (nSPS) is 27.9. The molecule has 17 heavy (non-hydrogen) atoms. The van der Waals surface area contributed by atoms with E-state index in [0.717, 1.165) is 44.4 Å². The molecule has 1 aliphatic rings. The van der Waals surface area contributed by atoms with Crippen LogP contribution < -0.4 is 0 Å². The van der Waals surface area contributed by atoms with Gasteiger partial charge in [-0.1, -0.05) is 12.8 Å². The predicted octanol–water partition coefficient (Wildman–Crippen LogP) is 2.20. The van der Waals surface area contributed by atoms with E-state index in [1.165, 1.54) is 0 Å². The largest absolute Gasteiger partial charge is 0.396 e. The molecule has 1 aliphatic heterocycles. The Morgan fingerprint density at radius 1 is 1.24 bits per heavy atom. The average molecular weight is 260 g/mol. The Balaban J connectivity index is 2.85. The second-order valence-corrected chi connectivity index (χ2v) is 8.36. The zero-order valence-corrected chi connectivity index (χ0v) is 12.2. The minimum atomic E-state index is -2.30. The molecule has 1 rings (SSSR count). The molecule has 1 heterocycles. The van der Waals surface area contributed by atoms with Crippen molar-refractivity contribution in [1.82, 2.24) is 0 Å². The van der Waals surface area contributed by atoms with E-state index in [1.807, 2.05) is 0 Å². The number of hydrogen-bond donors (Lipinski definition) is 0. The highest BCUT2D eigenvalue weighted by Gasteiger charge is 2.58. The minimum absolute atomic E-state index is 0.280. The maximum Gasteiger partial charge on any atom is 0.370 e. The van der Waals surface area contributed by atoms with E-state index in [-0.39, 0.29) is 5.22 Å². The van der Waals surface area contributed by atoms with Crippen LogP contribution in [0.5, 0.6) is 0 Å². The third-order valence-electron chi connectivity index (χ3n) is 3.98. The van der Waals surface area contributed by atoms with Crippen LogP contribution in [-0.2, 0) is 18.4 Å². The van der Waals surface area contributed by atoms with Crippen molar-refractivity contribution in [3.8, 4) is 0 Å². The summed E-state index contributed by atoms with van der Waals surface area (Å²) in [4.78, 5) is 10.4. The van der Waals surface area contributed by atoms with Gasteiger partial charge in [-0.2, -0.15) is 0 Å². The van der Waals surface area contributed by atoms with E-state index in [9.17, 15) is 4.79 Å². The lowest BCUT2D eigenvalue weighted by Crippen LogP contribution is -2.64. The zero-order chi connectivity index (χ0) is 12.8. The first-order valence-corrected chi connectivity index (χ1v) is 8.32. The summed E-state index contributed by atoms with van der Waals surface area (Å²) in [5.41, 5.74) is 0. The van der Waals surface area contributed by atoms with Gasteiger partial charge in [-0.05, 0) is 25.3 Å². The van der Waals surface area contributed by atoms with E-state index >= 15 is 0 Å². The van der Waals surface area contributed by atoms with Crippen molar-refractivity contribution in [2.75, 3.05) is 21.3 Å². The van der Waals surface area contributed by atoms with Gasteiger partial charge in [0.15, 0.2) is 0 Å². The quantitative estimate of drug-likeness (QED) is 0.400. The Bertz CT molecular complexity index is 243. The van der Waals surface area contributed by atoms with E-state index in [2.05, 4.69) is 0 Å². The lowest BCUT2D eigenvalue weighted by molar-refractivity contribution is -0.108. The molecule has 0 radical (unpaired) electrons. The third kappa shape index (κ3) is 2.78. The Hall–Kier alpha value is -0.233. The van der Waals surface area contributed by atoms with Gasteiger partial charge in [-0.15, -0.1) is 0 Å². The molecule has 0 amide bonds. The molecule has 1 saturated heterocycles. The number of unbranched alkanes of at least 4 members (excludes halogenated alkanes) is 1. The first-order valence-electron chi connectivity index (χ1n) is 6.29. The second-order valence-electron chi connectivity index (χ2n) is 4.63. The number of hydrogen-bond acceptors (Lipinski definition) is 4. The van der Waals surface area contributed by atoms with Crippen LogP contribution in [0.2, 0.25) is 6.04 Å². The molecule has 100 valence electrons. The maximum atomic E-state index is 10.4. The number of ether oxygens (including phenoxy) is 1. The van der Waals surface area contributed by atoms with Crippen molar-refractivity contribution >= 4 is 14.8 Å². The van der Waals surface area contributed by atoms with Gasteiger partial charge in [-0.3, -0.25) is 0 Å². The monoisotopic (exact) mass is 260 g/mol. The van der Waals surface area contributed by atoms with Gasteiger partial charge in [-0.25, -0.2) is 0 Å². The number of methoxy groups -OCH3 is 1. The van der Waals surface area contributed by atoms with Gasteiger partial charge in [0.2, 0.25) is 0 Å². The fraction of sp³-hybridized carbons (Fsp3) is 0.917. The van der Waals surface area contributed by atoms with E-state index in [1.54, 1.807) is 21.3 Å². The molecule has 0 spiro atoms.